The zero-order valence-corrected chi connectivity index (χ0v) is 15.3. The quantitative estimate of drug-likeness (QED) is 0.785. The van der Waals surface area contributed by atoms with Crippen molar-refractivity contribution in [1.29, 1.82) is 0 Å². The van der Waals surface area contributed by atoms with Crippen molar-refractivity contribution in [1.82, 2.24) is 10.2 Å². The highest BCUT2D eigenvalue weighted by Gasteiger charge is 2.29. The van der Waals surface area contributed by atoms with E-state index in [1.54, 1.807) is 0 Å². The Balaban J connectivity index is 1.50. The maximum absolute atomic E-state index is 12.7. The summed E-state index contributed by atoms with van der Waals surface area (Å²) in [7, 11) is 0. The monoisotopic (exact) mass is 359 g/mol. The zero-order chi connectivity index (χ0) is 18.4. The van der Waals surface area contributed by atoms with Crippen molar-refractivity contribution in [3.05, 3.63) is 29.8 Å². The van der Waals surface area contributed by atoms with Crippen LogP contribution in [0.2, 0.25) is 0 Å². The maximum Gasteiger partial charge on any atom is 0.324 e. The predicted octanol–water partition coefficient (Wildman–Crippen LogP) is 2.73. The van der Waals surface area contributed by atoms with Gasteiger partial charge in [-0.1, -0.05) is 12.1 Å². The molecule has 0 bridgehead atoms. The van der Waals surface area contributed by atoms with E-state index in [0.29, 0.717) is 6.42 Å². The number of aliphatic carboxylic acids is 1. The predicted molar refractivity (Wildman–Crippen MR) is 102 cm³/mol. The Bertz CT molecular complexity index is 609. The van der Waals surface area contributed by atoms with Crippen molar-refractivity contribution in [3.63, 3.8) is 0 Å². The van der Waals surface area contributed by atoms with Crippen molar-refractivity contribution in [2.75, 3.05) is 37.6 Å². The lowest BCUT2D eigenvalue weighted by molar-refractivity contribution is -0.136. The van der Waals surface area contributed by atoms with Crippen LogP contribution in [0, 0.1) is 5.92 Å². The number of hydrogen-bond acceptors (Lipinski definition) is 3. The van der Waals surface area contributed by atoms with Crippen LogP contribution in [-0.2, 0) is 11.2 Å². The van der Waals surface area contributed by atoms with Gasteiger partial charge >= 0.3 is 12.0 Å². The summed E-state index contributed by atoms with van der Waals surface area (Å²) in [5, 5.41) is 12.2. The molecule has 3 rings (SSSR count). The van der Waals surface area contributed by atoms with Crippen LogP contribution in [0.3, 0.4) is 0 Å². The minimum absolute atomic E-state index is 0.0926. The Hall–Kier alpha value is -2.08. The van der Waals surface area contributed by atoms with E-state index in [9.17, 15) is 9.59 Å². The molecule has 2 aliphatic heterocycles. The molecule has 0 saturated carbocycles. The number of carboxylic acids is 1. The van der Waals surface area contributed by atoms with Crippen molar-refractivity contribution >= 4 is 17.7 Å². The fraction of sp³-hybridized carbons (Fsp3) is 0.600. The van der Waals surface area contributed by atoms with E-state index >= 15 is 0 Å². The molecule has 0 radical (unpaired) electrons. The fourth-order valence-corrected chi connectivity index (χ4v) is 3.84. The molecule has 2 aliphatic rings. The van der Waals surface area contributed by atoms with Crippen molar-refractivity contribution < 1.29 is 14.7 Å². The molecule has 2 N–H and O–H groups in total. The highest BCUT2D eigenvalue weighted by atomic mass is 16.4. The molecule has 1 aromatic rings. The van der Waals surface area contributed by atoms with Gasteiger partial charge in [0.15, 0.2) is 0 Å². The molecule has 1 atom stereocenters. The Morgan fingerprint density at radius 1 is 1.15 bits per heavy atom. The number of urea groups is 1. The molecule has 1 unspecified atom stereocenters. The van der Waals surface area contributed by atoms with Gasteiger partial charge in [0.1, 0.15) is 0 Å². The van der Waals surface area contributed by atoms with Crippen molar-refractivity contribution in [2.45, 2.75) is 38.5 Å². The number of nitrogens with one attached hydrogen (secondary N) is 1. The summed E-state index contributed by atoms with van der Waals surface area (Å²) in [4.78, 5) is 27.2. The van der Waals surface area contributed by atoms with Crippen LogP contribution in [-0.4, -0.2) is 54.7 Å². The first-order valence-corrected chi connectivity index (χ1v) is 9.71. The number of anilines is 1. The van der Waals surface area contributed by atoms with Crippen LogP contribution >= 0.6 is 0 Å². The number of benzene rings is 1. The van der Waals surface area contributed by atoms with Gasteiger partial charge in [-0.15, -0.1) is 0 Å². The van der Waals surface area contributed by atoms with Crippen LogP contribution in [0.25, 0.3) is 0 Å². The van der Waals surface area contributed by atoms with Crippen LogP contribution in [0.15, 0.2) is 24.3 Å². The minimum atomic E-state index is -0.788. The number of carboxylic acid groups (broad SMARTS) is 1. The largest absolute Gasteiger partial charge is 0.481 e. The standard InChI is InChI=1S/C20H29N3O3/c24-19(25)8-5-17-3-6-18(7-4-17)23-15-14-22(20(23)26)13-10-16-2-1-11-21-12-9-16/h3-4,6-7,16,21H,1-2,5,8-15H2,(H,24,25). The summed E-state index contributed by atoms with van der Waals surface area (Å²) in [6, 6.07) is 7.79. The van der Waals surface area contributed by atoms with Gasteiger partial charge in [0.05, 0.1) is 0 Å². The zero-order valence-electron chi connectivity index (χ0n) is 15.3. The fourth-order valence-electron chi connectivity index (χ4n) is 3.84. The van der Waals surface area contributed by atoms with Crippen LogP contribution in [0.5, 0.6) is 0 Å². The Labute approximate surface area is 155 Å². The summed E-state index contributed by atoms with van der Waals surface area (Å²) >= 11 is 0. The summed E-state index contributed by atoms with van der Waals surface area (Å²) in [6.45, 7) is 4.56. The van der Waals surface area contributed by atoms with Crippen molar-refractivity contribution in [2.24, 2.45) is 5.92 Å². The molecule has 6 heteroatoms. The molecule has 1 aromatic carbocycles. The SMILES string of the molecule is O=C(O)CCc1ccc(N2CCN(CCC3CCCNCC3)C2=O)cc1. The first kappa shape index (κ1) is 18.7. The second kappa shape index (κ2) is 9.03. The lowest BCUT2D eigenvalue weighted by Crippen LogP contribution is -2.33. The van der Waals surface area contributed by atoms with Crippen LogP contribution in [0.4, 0.5) is 10.5 Å². The first-order valence-electron chi connectivity index (χ1n) is 9.71. The molecule has 0 aliphatic carbocycles. The average Bonchev–Trinajstić information content (AvgIpc) is 2.84. The van der Waals surface area contributed by atoms with Gasteiger partial charge in [0, 0.05) is 31.7 Å². The summed E-state index contributed by atoms with van der Waals surface area (Å²) < 4.78 is 0. The Kier molecular flexibility index (Phi) is 6.50. The second-order valence-electron chi connectivity index (χ2n) is 7.32. The van der Waals surface area contributed by atoms with Gasteiger partial charge < -0.3 is 15.3 Å². The highest BCUT2D eigenvalue weighted by molar-refractivity contribution is 5.94. The molecular formula is C20H29N3O3. The molecular weight excluding hydrogens is 330 g/mol. The third-order valence-corrected chi connectivity index (χ3v) is 5.47. The third kappa shape index (κ3) is 4.97. The topological polar surface area (TPSA) is 72.9 Å². The number of carbonyl (C=O) groups excluding carboxylic acids is 1. The second-order valence-corrected chi connectivity index (χ2v) is 7.32. The normalized spacial score (nSPS) is 21.1. The van der Waals surface area contributed by atoms with Gasteiger partial charge in [0.2, 0.25) is 0 Å². The summed E-state index contributed by atoms with van der Waals surface area (Å²) in [5.74, 6) is -0.0655. The molecule has 2 fully saturated rings. The van der Waals surface area contributed by atoms with E-state index in [0.717, 1.165) is 56.3 Å². The molecule has 26 heavy (non-hydrogen) atoms. The molecule has 6 nitrogen and oxygen atoms in total. The van der Waals surface area contributed by atoms with E-state index in [2.05, 4.69) is 5.32 Å². The lowest BCUT2D eigenvalue weighted by atomic mass is 9.97. The number of carbonyl (C=O) groups is 2. The maximum atomic E-state index is 12.7. The highest BCUT2D eigenvalue weighted by Crippen LogP contribution is 2.23. The number of hydrogen-bond donors (Lipinski definition) is 2. The number of amides is 2. The van der Waals surface area contributed by atoms with E-state index < -0.39 is 5.97 Å². The van der Waals surface area contributed by atoms with Crippen LogP contribution < -0.4 is 10.2 Å². The third-order valence-electron chi connectivity index (χ3n) is 5.47. The van der Waals surface area contributed by atoms with Crippen molar-refractivity contribution in [3.8, 4) is 0 Å². The van der Waals surface area contributed by atoms with Gasteiger partial charge in [-0.25, -0.2) is 4.79 Å². The summed E-state index contributed by atoms with van der Waals surface area (Å²) in [5.41, 5.74) is 1.89. The van der Waals surface area contributed by atoms with E-state index in [4.69, 9.17) is 5.11 Å². The number of nitrogens with zero attached hydrogens (tertiary/aromatic N) is 2. The smallest absolute Gasteiger partial charge is 0.324 e. The van der Waals surface area contributed by atoms with Crippen LogP contribution in [0.1, 0.15) is 37.7 Å². The minimum Gasteiger partial charge on any atom is -0.481 e. The molecule has 2 heterocycles. The molecule has 0 spiro atoms. The van der Waals surface area contributed by atoms with E-state index in [1.807, 2.05) is 34.1 Å². The number of aryl methyl sites for hydroxylation is 1. The molecule has 2 amide bonds. The lowest BCUT2D eigenvalue weighted by Gasteiger charge is -2.21. The van der Waals surface area contributed by atoms with Gasteiger partial charge in [0.25, 0.3) is 0 Å². The van der Waals surface area contributed by atoms with Gasteiger partial charge in [-0.3, -0.25) is 9.69 Å². The Morgan fingerprint density at radius 3 is 2.73 bits per heavy atom. The average molecular weight is 359 g/mol. The number of rotatable bonds is 7. The molecule has 0 aromatic heterocycles. The van der Waals surface area contributed by atoms with Gasteiger partial charge in [-0.05, 0) is 68.8 Å². The van der Waals surface area contributed by atoms with E-state index in [1.165, 1.54) is 19.3 Å². The molecule has 142 valence electrons. The Morgan fingerprint density at radius 2 is 1.96 bits per heavy atom. The summed E-state index contributed by atoms with van der Waals surface area (Å²) in [6.07, 6.45) is 5.45. The molecule has 2 saturated heterocycles. The van der Waals surface area contributed by atoms with Gasteiger partial charge in [-0.2, -0.15) is 0 Å². The first-order chi connectivity index (χ1) is 12.6. The van der Waals surface area contributed by atoms with E-state index in [-0.39, 0.29) is 12.5 Å².